The Balaban J connectivity index is 1.80. The number of halogens is 4. The van der Waals surface area contributed by atoms with Crippen molar-refractivity contribution in [3.63, 3.8) is 0 Å². The second-order valence-corrected chi connectivity index (χ2v) is 7.47. The van der Waals surface area contributed by atoms with Crippen LogP contribution in [0.25, 0.3) is 16.9 Å². The van der Waals surface area contributed by atoms with Gasteiger partial charge in [-0.3, -0.25) is 4.79 Å². The number of fused-ring (bicyclic) bond motifs is 1. The lowest BCUT2D eigenvalue weighted by molar-refractivity contribution is -0.142. The van der Waals surface area contributed by atoms with E-state index in [1.165, 1.54) is 0 Å². The average molecular weight is 423 g/mol. The van der Waals surface area contributed by atoms with Gasteiger partial charge in [0.1, 0.15) is 5.02 Å². The van der Waals surface area contributed by atoms with Crippen molar-refractivity contribution in [2.75, 3.05) is 0 Å². The van der Waals surface area contributed by atoms with Crippen LogP contribution in [0.3, 0.4) is 0 Å². The van der Waals surface area contributed by atoms with Crippen LogP contribution in [-0.2, 0) is 6.18 Å². The molecule has 1 aliphatic rings. The highest BCUT2D eigenvalue weighted by molar-refractivity contribution is 6.36. The summed E-state index contributed by atoms with van der Waals surface area (Å²) < 4.78 is 41.7. The normalized spacial score (nSPS) is 15.6. The number of carbonyl (C=O) groups is 1. The summed E-state index contributed by atoms with van der Waals surface area (Å²) in [4.78, 5) is 16.9. The largest absolute Gasteiger partial charge is 0.433 e. The summed E-state index contributed by atoms with van der Waals surface area (Å²) in [6.45, 7) is 0. The number of amides is 1. The minimum atomic E-state index is -4.70. The Labute approximate surface area is 169 Å². The van der Waals surface area contributed by atoms with Gasteiger partial charge in [-0.05, 0) is 18.9 Å². The predicted octanol–water partition coefficient (Wildman–Crippen LogP) is 5.13. The molecule has 1 amide bonds. The van der Waals surface area contributed by atoms with E-state index < -0.39 is 17.8 Å². The highest BCUT2D eigenvalue weighted by Gasteiger charge is 2.37. The van der Waals surface area contributed by atoms with E-state index in [-0.39, 0.29) is 28.1 Å². The lowest BCUT2D eigenvalue weighted by Crippen LogP contribution is -2.36. The van der Waals surface area contributed by atoms with Gasteiger partial charge in [-0.25, -0.2) is 9.50 Å². The van der Waals surface area contributed by atoms with Gasteiger partial charge in [0.15, 0.2) is 17.0 Å². The van der Waals surface area contributed by atoms with Gasteiger partial charge in [0.05, 0.1) is 5.69 Å². The van der Waals surface area contributed by atoms with Gasteiger partial charge in [-0.2, -0.15) is 18.3 Å². The number of hydrogen-bond acceptors (Lipinski definition) is 3. The van der Waals surface area contributed by atoms with Crippen molar-refractivity contribution in [1.29, 1.82) is 0 Å². The topological polar surface area (TPSA) is 59.3 Å². The van der Waals surface area contributed by atoms with E-state index in [4.69, 9.17) is 11.6 Å². The summed E-state index contributed by atoms with van der Waals surface area (Å²) in [6, 6.07) is 9.36. The Hall–Kier alpha value is -2.61. The van der Waals surface area contributed by atoms with Crippen molar-refractivity contribution >= 4 is 23.2 Å². The number of nitrogens with zero attached hydrogens (tertiary/aromatic N) is 3. The third kappa shape index (κ3) is 3.94. The van der Waals surface area contributed by atoms with E-state index in [0.717, 1.165) is 38.2 Å². The molecule has 9 heteroatoms. The van der Waals surface area contributed by atoms with E-state index in [1.54, 1.807) is 30.3 Å². The third-order valence-corrected chi connectivity index (χ3v) is 5.40. The van der Waals surface area contributed by atoms with Crippen molar-refractivity contribution in [1.82, 2.24) is 19.9 Å². The third-order valence-electron chi connectivity index (χ3n) is 5.05. The molecule has 1 fully saturated rings. The maximum atomic E-state index is 13.7. The lowest BCUT2D eigenvalue weighted by Gasteiger charge is -2.22. The fourth-order valence-corrected chi connectivity index (χ4v) is 3.84. The fraction of sp³-hybridized carbons (Fsp3) is 0.350. The molecule has 1 aliphatic carbocycles. The van der Waals surface area contributed by atoms with E-state index in [1.807, 2.05) is 0 Å². The summed E-state index contributed by atoms with van der Waals surface area (Å²) in [7, 11) is 0. The van der Waals surface area contributed by atoms with Gasteiger partial charge in [-0.15, -0.1) is 0 Å². The molecule has 5 nitrogen and oxygen atoms in total. The molecule has 0 radical (unpaired) electrons. The first-order chi connectivity index (χ1) is 13.8. The van der Waals surface area contributed by atoms with E-state index in [0.29, 0.717) is 10.1 Å². The lowest BCUT2D eigenvalue weighted by atomic mass is 9.95. The monoisotopic (exact) mass is 422 g/mol. The molecule has 2 aromatic heterocycles. The molecule has 1 N–H and O–H groups in total. The van der Waals surface area contributed by atoms with Crippen molar-refractivity contribution in [3.8, 4) is 11.3 Å². The fourth-order valence-electron chi connectivity index (χ4n) is 3.60. The van der Waals surface area contributed by atoms with Crippen molar-refractivity contribution in [3.05, 3.63) is 52.8 Å². The summed E-state index contributed by atoms with van der Waals surface area (Å²) >= 11 is 6.28. The van der Waals surface area contributed by atoms with Crippen LogP contribution in [0.4, 0.5) is 13.2 Å². The number of aromatic nitrogens is 3. The molecular weight excluding hydrogens is 405 g/mol. The molecule has 0 aliphatic heterocycles. The maximum absolute atomic E-state index is 13.7. The van der Waals surface area contributed by atoms with Gasteiger partial charge in [0, 0.05) is 11.6 Å². The number of benzene rings is 1. The molecular formula is C20H18ClF3N4O. The molecule has 1 aromatic carbocycles. The summed E-state index contributed by atoms with van der Waals surface area (Å²) in [5, 5.41) is 6.51. The molecule has 2 heterocycles. The molecule has 0 saturated heterocycles. The Morgan fingerprint density at radius 2 is 1.83 bits per heavy atom. The first-order valence-corrected chi connectivity index (χ1v) is 9.75. The number of nitrogens with one attached hydrogen (secondary N) is 1. The molecule has 0 bridgehead atoms. The van der Waals surface area contributed by atoms with Crippen molar-refractivity contribution in [2.45, 2.75) is 44.3 Å². The number of carbonyl (C=O) groups excluding carboxylic acids is 1. The zero-order valence-corrected chi connectivity index (χ0v) is 16.1. The molecule has 1 saturated carbocycles. The van der Waals surface area contributed by atoms with Crippen LogP contribution in [-0.4, -0.2) is 26.5 Å². The van der Waals surface area contributed by atoms with Crippen LogP contribution in [0.1, 0.15) is 48.3 Å². The standard InChI is InChI=1S/C20H18ClF3N4O/c21-16-17(19(29)25-13-9-5-2-6-10-13)27-28-15(20(22,23)24)11-14(26-18(16)28)12-7-3-1-4-8-12/h1,3-4,7-8,11,13H,2,5-6,9-10H2,(H,25,29). The van der Waals surface area contributed by atoms with Crippen molar-refractivity contribution in [2.24, 2.45) is 0 Å². The summed E-state index contributed by atoms with van der Waals surface area (Å²) in [5.41, 5.74) is -0.882. The first kappa shape index (κ1) is 19.7. The van der Waals surface area contributed by atoms with Gasteiger partial charge >= 0.3 is 6.18 Å². The second kappa shape index (κ2) is 7.67. The molecule has 0 atom stereocenters. The minimum Gasteiger partial charge on any atom is -0.348 e. The molecule has 0 unspecified atom stereocenters. The van der Waals surface area contributed by atoms with Gasteiger partial charge in [0.25, 0.3) is 5.91 Å². The number of hydrogen-bond donors (Lipinski definition) is 1. The van der Waals surface area contributed by atoms with Crippen LogP contribution in [0.5, 0.6) is 0 Å². The summed E-state index contributed by atoms with van der Waals surface area (Å²) in [5.74, 6) is -0.582. The van der Waals surface area contributed by atoms with E-state index in [2.05, 4.69) is 15.4 Å². The maximum Gasteiger partial charge on any atom is 0.433 e. The minimum absolute atomic E-state index is 0.0212. The van der Waals surface area contributed by atoms with Crippen LogP contribution < -0.4 is 5.32 Å². The Morgan fingerprint density at radius 1 is 1.14 bits per heavy atom. The Kier molecular flexibility index (Phi) is 5.21. The van der Waals surface area contributed by atoms with Crippen LogP contribution in [0.2, 0.25) is 5.02 Å². The molecule has 4 rings (SSSR count). The highest BCUT2D eigenvalue weighted by atomic mass is 35.5. The molecule has 0 spiro atoms. The van der Waals surface area contributed by atoms with E-state index >= 15 is 0 Å². The average Bonchev–Trinajstić information content (AvgIpc) is 3.05. The summed E-state index contributed by atoms with van der Waals surface area (Å²) in [6.07, 6.45) is 0.0930. The van der Waals surface area contributed by atoms with Crippen LogP contribution in [0, 0.1) is 0 Å². The number of alkyl halides is 3. The molecule has 29 heavy (non-hydrogen) atoms. The quantitative estimate of drug-likeness (QED) is 0.636. The number of rotatable bonds is 3. The van der Waals surface area contributed by atoms with Gasteiger partial charge in [-0.1, -0.05) is 61.2 Å². The highest BCUT2D eigenvalue weighted by Crippen LogP contribution is 2.34. The molecule has 3 aromatic rings. The van der Waals surface area contributed by atoms with Crippen LogP contribution in [0.15, 0.2) is 36.4 Å². The second-order valence-electron chi connectivity index (χ2n) is 7.10. The van der Waals surface area contributed by atoms with Crippen molar-refractivity contribution < 1.29 is 18.0 Å². The first-order valence-electron chi connectivity index (χ1n) is 9.37. The molecule has 152 valence electrons. The predicted molar refractivity (Wildman–Crippen MR) is 103 cm³/mol. The van der Waals surface area contributed by atoms with Gasteiger partial charge in [0.2, 0.25) is 0 Å². The Bertz CT molecular complexity index is 1040. The smallest absolute Gasteiger partial charge is 0.348 e. The van der Waals surface area contributed by atoms with E-state index in [9.17, 15) is 18.0 Å². The Morgan fingerprint density at radius 3 is 2.48 bits per heavy atom. The van der Waals surface area contributed by atoms with Crippen LogP contribution >= 0.6 is 11.6 Å². The zero-order valence-electron chi connectivity index (χ0n) is 15.3. The van der Waals surface area contributed by atoms with Gasteiger partial charge < -0.3 is 5.32 Å². The SMILES string of the molecule is O=C(NC1CCCCC1)c1nn2c(C(F)(F)F)cc(-c3ccccc3)nc2c1Cl. The zero-order chi connectivity index (χ0) is 20.6.